The zero-order chi connectivity index (χ0) is 14.7. The Morgan fingerprint density at radius 2 is 2.05 bits per heavy atom. The molecule has 106 valence electrons. The van der Waals surface area contributed by atoms with Crippen molar-refractivity contribution in [1.82, 2.24) is 14.8 Å². The summed E-state index contributed by atoms with van der Waals surface area (Å²) in [6.07, 6.45) is 3.30. The molecule has 0 bridgehead atoms. The Bertz CT molecular complexity index is 609. The van der Waals surface area contributed by atoms with Crippen LogP contribution in [0.15, 0.2) is 29.0 Å². The molecule has 0 aliphatic rings. The minimum Gasteiger partial charge on any atom is -0.326 e. The average Bonchev–Trinajstić information content (AvgIpc) is 2.67. The van der Waals surface area contributed by atoms with Crippen molar-refractivity contribution in [2.24, 2.45) is 5.92 Å². The number of aryl methyl sites for hydroxylation is 1. The molecular formula is C14H17BrN4O. The third kappa shape index (κ3) is 3.25. The van der Waals surface area contributed by atoms with Crippen LogP contribution in [0, 0.1) is 19.8 Å². The highest BCUT2D eigenvalue weighted by molar-refractivity contribution is 9.10. The maximum atomic E-state index is 12.1. The van der Waals surface area contributed by atoms with Crippen LogP contribution >= 0.6 is 15.9 Å². The number of nitrogens with one attached hydrogen (secondary N) is 1. The minimum absolute atomic E-state index is 0.0279. The van der Waals surface area contributed by atoms with E-state index >= 15 is 0 Å². The summed E-state index contributed by atoms with van der Waals surface area (Å²) in [7, 11) is 0. The number of rotatable bonds is 4. The predicted octanol–water partition coefficient (Wildman–Crippen LogP) is 2.93. The maximum absolute atomic E-state index is 12.1. The van der Waals surface area contributed by atoms with Gasteiger partial charge in [0.05, 0.1) is 22.6 Å². The first-order chi connectivity index (χ1) is 9.49. The fourth-order valence-electron chi connectivity index (χ4n) is 1.90. The number of halogens is 1. The Morgan fingerprint density at radius 1 is 1.40 bits per heavy atom. The number of hydrogen-bond acceptors (Lipinski definition) is 3. The molecule has 0 fully saturated rings. The van der Waals surface area contributed by atoms with Crippen LogP contribution < -0.4 is 5.32 Å². The molecule has 0 saturated heterocycles. The predicted molar refractivity (Wildman–Crippen MR) is 81.4 cm³/mol. The van der Waals surface area contributed by atoms with Crippen LogP contribution in [-0.2, 0) is 11.3 Å². The minimum atomic E-state index is -0.173. The summed E-state index contributed by atoms with van der Waals surface area (Å²) < 4.78 is 2.86. The zero-order valence-electron chi connectivity index (χ0n) is 11.7. The van der Waals surface area contributed by atoms with Gasteiger partial charge in [0, 0.05) is 23.8 Å². The Hall–Kier alpha value is -1.69. The van der Waals surface area contributed by atoms with Gasteiger partial charge in [-0.15, -0.1) is 0 Å². The molecule has 0 aromatic carbocycles. The van der Waals surface area contributed by atoms with Crippen LogP contribution in [0.4, 0.5) is 5.69 Å². The van der Waals surface area contributed by atoms with Gasteiger partial charge in [-0.05, 0) is 41.9 Å². The normalized spacial score (nSPS) is 12.2. The second kappa shape index (κ2) is 6.17. The number of anilines is 1. The molecule has 0 radical (unpaired) electrons. The Kier molecular flexibility index (Phi) is 4.54. The quantitative estimate of drug-likeness (QED) is 0.933. The van der Waals surface area contributed by atoms with E-state index in [4.69, 9.17) is 0 Å². The Morgan fingerprint density at radius 3 is 2.60 bits per heavy atom. The molecule has 6 heteroatoms. The van der Waals surface area contributed by atoms with E-state index in [-0.39, 0.29) is 11.8 Å². The number of pyridine rings is 1. The van der Waals surface area contributed by atoms with Crippen LogP contribution in [0.3, 0.4) is 0 Å². The highest BCUT2D eigenvalue weighted by Crippen LogP contribution is 2.20. The molecule has 2 aromatic heterocycles. The summed E-state index contributed by atoms with van der Waals surface area (Å²) >= 11 is 3.49. The monoisotopic (exact) mass is 336 g/mol. The van der Waals surface area contributed by atoms with E-state index in [1.807, 2.05) is 25.5 Å². The highest BCUT2D eigenvalue weighted by atomic mass is 79.9. The van der Waals surface area contributed by atoms with E-state index in [1.54, 1.807) is 24.5 Å². The van der Waals surface area contributed by atoms with Gasteiger partial charge in [0.15, 0.2) is 0 Å². The van der Waals surface area contributed by atoms with Crippen molar-refractivity contribution < 1.29 is 4.79 Å². The van der Waals surface area contributed by atoms with Crippen molar-refractivity contribution in [3.05, 3.63) is 40.4 Å². The molecule has 2 heterocycles. The van der Waals surface area contributed by atoms with Crippen LogP contribution in [0.2, 0.25) is 0 Å². The van der Waals surface area contributed by atoms with Crippen LogP contribution in [0.25, 0.3) is 0 Å². The molecule has 20 heavy (non-hydrogen) atoms. The first kappa shape index (κ1) is 14.7. The molecule has 0 aliphatic heterocycles. The summed E-state index contributed by atoms with van der Waals surface area (Å²) in [6, 6.07) is 3.54. The lowest BCUT2D eigenvalue weighted by Gasteiger charge is -2.13. The number of hydrogen-bond donors (Lipinski definition) is 1. The van der Waals surface area contributed by atoms with E-state index in [1.165, 1.54) is 0 Å². The topological polar surface area (TPSA) is 59.8 Å². The maximum Gasteiger partial charge on any atom is 0.229 e. The van der Waals surface area contributed by atoms with E-state index in [9.17, 15) is 4.79 Å². The van der Waals surface area contributed by atoms with Crippen LogP contribution in [-0.4, -0.2) is 20.7 Å². The lowest BCUT2D eigenvalue weighted by molar-refractivity contribution is -0.119. The van der Waals surface area contributed by atoms with Crippen LogP contribution in [0.5, 0.6) is 0 Å². The Balaban J connectivity index is 2.02. The Labute approximate surface area is 126 Å². The average molecular weight is 337 g/mol. The molecular weight excluding hydrogens is 320 g/mol. The molecule has 0 saturated carbocycles. The summed E-state index contributed by atoms with van der Waals surface area (Å²) in [4.78, 5) is 16.1. The van der Waals surface area contributed by atoms with E-state index in [2.05, 4.69) is 31.3 Å². The first-order valence-corrected chi connectivity index (χ1v) is 7.18. The summed E-state index contributed by atoms with van der Waals surface area (Å²) in [5.74, 6) is -0.201. The van der Waals surface area contributed by atoms with Crippen molar-refractivity contribution in [3.8, 4) is 0 Å². The molecule has 0 aliphatic carbocycles. The van der Waals surface area contributed by atoms with Gasteiger partial charge < -0.3 is 5.32 Å². The SMILES string of the molecule is Cc1nn(C[C@H](C)C(=O)Nc2ccncc2)c(C)c1Br. The molecule has 1 atom stereocenters. The second-order valence-electron chi connectivity index (χ2n) is 4.79. The number of nitrogens with zero attached hydrogens (tertiary/aromatic N) is 3. The third-order valence-electron chi connectivity index (χ3n) is 3.14. The fourth-order valence-corrected chi connectivity index (χ4v) is 2.18. The summed E-state index contributed by atoms with van der Waals surface area (Å²) in [6.45, 7) is 6.36. The second-order valence-corrected chi connectivity index (χ2v) is 5.59. The third-order valence-corrected chi connectivity index (χ3v) is 4.28. The number of aromatic nitrogens is 3. The van der Waals surface area contributed by atoms with Gasteiger partial charge in [-0.1, -0.05) is 6.92 Å². The highest BCUT2D eigenvalue weighted by Gasteiger charge is 2.17. The van der Waals surface area contributed by atoms with Crippen LogP contribution in [0.1, 0.15) is 18.3 Å². The summed E-state index contributed by atoms with van der Waals surface area (Å²) in [5.41, 5.74) is 2.72. The molecule has 5 nitrogen and oxygen atoms in total. The van der Waals surface area contributed by atoms with Gasteiger partial charge >= 0.3 is 0 Å². The molecule has 0 unspecified atom stereocenters. The lowest BCUT2D eigenvalue weighted by Crippen LogP contribution is -2.25. The van der Waals surface area contributed by atoms with Gasteiger partial charge in [0.2, 0.25) is 5.91 Å². The number of carbonyl (C=O) groups excluding carboxylic acids is 1. The number of carbonyl (C=O) groups is 1. The van der Waals surface area contributed by atoms with Gasteiger partial charge in [0.25, 0.3) is 0 Å². The van der Waals surface area contributed by atoms with Crippen molar-refractivity contribution in [3.63, 3.8) is 0 Å². The van der Waals surface area contributed by atoms with Gasteiger partial charge in [-0.25, -0.2) is 0 Å². The van der Waals surface area contributed by atoms with Crippen molar-refractivity contribution in [2.45, 2.75) is 27.3 Å². The van der Waals surface area contributed by atoms with Gasteiger partial charge in [0.1, 0.15) is 0 Å². The van der Waals surface area contributed by atoms with Crippen molar-refractivity contribution in [1.29, 1.82) is 0 Å². The molecule has 2 aromatic rings. The molecule has 2 rings (SSSR count). The molecule has 1 N–H and O–H groups in total. The van der Waals surface area contributed by atoms with E-state index in [0.717, 1.165) is 21.5 Å². The van der Waals surface area contributed by atoms with Crippen molar-refractivity contribution >= 4 is 27.5 Å². The smallest absolute Gasteiger partial charge is 0.229 e. The largest absolute Gasteiger partial charge is 0.326 e. The lowest BCUT2D eigenvalue weighted by atomic mass is 10.1. The summed E-state index contributed by atoms with van der Waals surface area (Å²) in [5, 5.41) is 7.29. The van der Waals surface area contributed by atoms with E-state index < -0.39 is 0 Å². The van der Waals surface area contributed by atoms with Gasteiger partial charge in [-0.3, -0.25) is 14.5 Å². The fraction of sp³-hybridized carbons (Fsp3) is 0.357. The standard InChI is InChI=1S/C14H17BrN4O/c1-9(8-19-11(3)13(15)10(2)18-19)14(20)17-12-4-6-16-7-5-12/h4-7,9H,8H2,1-3H3,(H,16,17,20)/t9-/m0/s1. The molecule has 1 amide bonds. The van der Waals surface area contributed by atoms with Gasteiger partial charge in [-0.2, -0.15) is 5.10 Å². The zero-order valence-corrected chi connectivity index (χ0v) is 13.3. The number of amides is 1. The first-order valence-electron chi connectivity index (χ1n) is 6.39. The molecule has 0 spiro atoms. The van der Waals surface area contributed by atoms with Crippen molar-refractivity contribution in [2.75, 3.05) is 5.32 Å². The van der Waals surface area contributed by atoms with E-state index in [0.29, 0.717) is 6.54 Å².